The van der Waals surface area contributed by atoms with Crippen LogP contribution in [0.1, 0.15) is 34.6 Å². The lowest BCUT2D eigenvalue weighted by atomic mass is 10.4. The second-order valence-electron chi connectivity index (χ2n) is 2.98. The molecule has 17 heavy (non-hydrogen) atoms. The fourth-order valence-electron chi connectivity index (χ4n) is 0.586. The molecular formula is C13H26N2O2. The first-order valence-electron chi connectivity index (χ1n) is 5.75. The summed E-state index contributed by atoms with van der Waals surface area (Å²) in [6, 6.07) is 0.230. The Labute approximate surface area is 105 Å². The van der Waals surface area contributed by atoms with Crippen LogP contribution in [0.15, 0.2) is 24.8 Å². The second kappa shape index (κ2) is 16.8. The molecule has 0 radical (unpaired) electrons. The van der Waals surface area contributed by atoms with E-state index in [0.717, 1.165) is 0 Å². The highest BCUT2D eigenvalue weighted by Gasteiger charge is 1.94. The highest BCUT2D eigenvalue weighted by Crippen LogP contribution is 1.77. The Hall–Kier alpha value is -1.58. The van der Waals surface area contributed by atoms with E-state index in [1.807, 2.05) is 34.6 Å². The molecule has 4 nitrogen and oxygen atoms in total. The van der Waals surface area contributed by atoms with Gasteiger partial charge >= 0.3 is 0 Å². The molecule has 0 saturated heterocycles. The first-order chi connectivity index (χ1) is 7.97. The van der Waals surface area contributed by atoms with Crippen molar-refractivity contribution >= 4 is 11.8 Å². The van der Waals surface area contributed by atoms with E-state index in [9.17, 15) is 9.59 Å². The second-order valence-corrected chi connectivity index (χ2v) is 2.98. The highest BCUT2D eigenvalue weighted by molar-refractivity contribution is 5.87. The van der Waals surface area contributed by atoms with E-state index in [0.29, 0.717) is 0 Å². The number of carbonyl (C=O) groups excluding carboxylic acids is 2. The molecule has 0 saturated carbocycles. The van der Waals surface area contributed by atoms with Gasteiger partial charge in [-0.1, -0.05) is 26.5 Å². The Morgan fingerprint density at radius 3 is 1.82 bits per heavy atom. The fourth-order valence-corrected chi connectivity index (χ4v) is 0.586. The number of nitrogens with one attached hydrogen (secondary N) is 2. The summed E-state index contributed by atoms with van der Waals surface area (Å²) in [6.45, 7) is 12.9. The molecule has 0 aliphatic heterocycles. The molecule has 2 N–H and O–H groups in total. The van der Waals surface area contributed by atoms with Crippen LogP contribution in [-0.2, 0) is 9.59 Å². The summed E-state index contributed by atoms with van der Waals surface area (Å²) in [4.78, 5) is 20.6. The van der Waals surface area contributed by atoms with Crippen LogP contribution in [0.3, 0.4) is 0 Å². The number of rotatable bonds is 3. The number of hydrogen-bond acceptors (Lipinski definition) is 2. The third-order valence-corrected chi connectivity index (χ3v) is 1.18. The molecule has 0 unspecified atom stereocenters. The molecule has 2 amide bonds. The summed E-state index contributed by atoms with van der Waals surface area (Å²) < 4.78 is 0. The molecule has 0 aliphatic carbocycles. The maximum atomic E-state index is 10.7. The van der Waals surface area contributed by atoms with Gasteiger partial charge in [-0.3, -0.25) is 9.59 Å². The molecule has 0 aromatic heterocycles. The van der Waals surface area contributed by atoms with Gasteiger partial charge in [0, 0.05) is 13.1 Å². The Morgan fingerprint density at radius 1 is 1.18 bits per heavy atom. The van der Waals surface area contributed by atoms with Crippen LogP contribution in [0.4, 0.5) is 0 Å². The van der Waals surface area contributed by atoms with Crippen LogP contribution in [0.2, 0.25) is 0 Å². The van der Waals surface area contributed by atoms with Crippen molar-refractivity contribution in [1.29, 1.82) is 0 Å². The van der Waals surface area contributed by atoms with Crippen LogP contribution >= 0.6 is 0 Å². The van der Waals surface area contributed by atoms with Gasteiger partial charge in [0.05, 0.1) is 0 Å². The minimum absolute atomic E-state index is 0.0208. The summed E-state index contributed by atoms with van der Waals surface area (Å²) in [5.74, 6) is -0.164. The largest absolute Gasteiger partial charge is 0.356 e. The average molecular weight is 242 g/mol. The number of hydrogen-bond donors (Lipinski definition) is 2. The monoisotopic (exact) mass is 242 g/mol. The molecule has 0 aromatic rings. The lowest BCUT2D eigenvalue weighted by Gasteiger charge is -2.03. The van der Waals surface area contributed by atoms with E-state index < -0.39 is 0 Å². The summed E-state index contributed by atoms with van der Waals surface area (Å²) >= 11 is 0. The van der Waals surface area contributed by atoms with Crippen molar-refractivity contribution in [1.82, 2.24) is 10.6 Å². The summed E-state index contributed by atoms with van der Waals surface area (Å²) in [5, 5.41) is 5.08. The van der Waals surface area contributed by atoms with Crippen LogP contribution < -0.4 is 10.6 Å². The SMILES string of the molecule is C/C=C/C(=O)NC(C)C.C=CC(=O)NC.CC. The topological polar surface area (TPSA) is 58.2 Å². The van der Waals surface area contributed by atoms with E-state index in [-0.39, 0.29) is 17.9 Å². The van der Waals surface area contributed by atoms with E-state index in [4.69, 9.17) is 0 Å². The van der Waals surface area contributed by atoms with Crippen molar-refractivity contribution in [2.24, 2.45) is 0 Å². The third kappa shape index (κ3) is 25.1. The molecule has 0 fully saturated rings. The van der Waals surface area contributed by atoms with E-state index >= 15 is 0 Å². The number of carbonyl (C=O) groups is 2. The van der Waals surface area contributed by atoms with Crippen molar-refractivity contribution in [2.75, 3.05) is 7.05 Å². The van der Waals surface area contributed by atoms with Crippen LogP contribution in [0, 0.1) is 0 Å². The van der Waals surface area contributed by atoms with Gasteiger partial charge in [-0.25, -0.2) is 0 Å². The van der Waals surface area contributed by atoms with Crippen molar-refractivity contribution in [3.05, 3.63) is 24.8 Å². The zero-order valence-corrected chi connectivity index (χ0v) is 11.8. The molecular weight excluding hydrogens is 216 g/mol. The lowest BCUT2D eigenvalue weighted by molar-refractivity contribution is -0.117. The van der Waals surface area contributed by atoms with Gasteiger partial charge in [0.2, 0.25) is 11.8 Å². The molecule has 4 heteroatoms. The lowest BCUT2D eigenvalue weighted by Crippen LogP contribution is -2.28. The van der Waals surface area contributed by atoms with Crippen molar-refractivity contribution in [2.45, 2.75) is 40.7 Å². The predicted octanol–water partition coefficient (Wildman–Crippen LogP) is 2.03. The quantitative estimate of drug-likeness (QED) is 0.744. The van der Waals surface area contributed by atoms with Gasteiger partial charge in [0.1, 0.15) is 0 Å². The van der Waals surface area contributed by atoms with Crippen molar-refractivity contribution in [3.63, 3.8) is 0 Å². The van der Waals surface area contributed by atoms with Crippen LogP contribution in [0.5, 0.6) is 0 Å². The average Bonchev–Trinajstić information content (AvgIpc) is 2.30. The number of allylic oxidation sites excluding steroid dienone is 1. The standard InChI is InChI=1S/C7H13NO.C4H7NO.C2H6/c1-4-5-7(9)8-6(2)3;1-3-4(6)5-2;1-2/h4-6H,1-3H3,(H,8,9);3H,1H2,2H3,(H,5,6);1-2H3/b5-4+;;. The Morgan fingerprint density at radius 2 is 1.65 bits per heavy atom. The number of amides is 2. The van der Waals surface area contributed by atoms with E-state index in [1.165, 1.54) is 12.2 Å². The minimum Gasteiger partial charge on any atom is -0.356 e. The third-order valence-electron chi connectivity index (χ3n) is 1.18. The van der Waals surface area contributed by atoms with E-state index in [1.54, 1.807) is 13.1 Å². The summed E-state index contributed by atoms with van der Waals surface area (Å²) in [7, 11) is 1.56. The molecule has 0 bridgehead atoms. The van der Waals surface area contributed by atoms with Crippen molar-refractivity contribution < 1.29 is 9.59 Å². The summed E-state index contributed by atoms with van der Waals surface area (Å²) in [5.41, 5.74) is 0. The molecule has 0 spiro atoms. The molecule has 0 atom stereocenters. The number of likely N-dealkylation sites (N-methyl/N-ethyl adjacent to an activating group) is 1. The molecule has 0 aliphatic rings. The fraction of sp³-hybridized carbons (Fsp3) is 0.538. The van der Waals surface area contributed by atoms with Crippen LogP contribution in [-0.4, -0.2) is 24.9 Å². The Kier molecular flexibility index (Phi) is 20.6. The molecule has 100 valence electrons. The zero-order valence-electron chi connectivity index (χ0n) is 11.8. The Bertz CT molecular complexity index is 234. The first-order valence-corrected chi connectivity index (χ1v) is 5.75. The summed E-state index contributed by atoms with van der Waals surface area (Å²) in [6.07, 6.45) is 4.46. The predicted molar refractivity (Wildman–Crippen MR) is 73.7 cm³/mol. The van der Waals surface area contributed by atoms with Gasteiger partial charge in [-0.05, 0) is 32.9 Å². The van der Waals surface area contributed by atoms with Crippen LogP contribution in [0.25, 0.3) is 0 Å². The van der Waals surface area contributed by atoms with E-state index in [2.05, 4.69) is 17.2 Å². The maximum absolute atomic E-state index is 10.7. The van der Waals surface area contributed by atoms with Crippen molar-refractivity contribution in [3.8, 4) is 0 Å². The van der Waals surface area contributed by atoms with Gasteiger partial charge in [-0.2, -0.15) is 0 Å². The normalized spacial score (nSPS) is 8.41. The highest BCUT2D eigenvalue weighted by atomic mass is 16.2. The zero-order chi connectivity index (χ0) is 14.3. The van der Waals surface area contributed by atoms with Gasteiger partial charge in [-0.15, -0.1) is 0 Å². The molecule has 0 aromatic carbocycles. The molecule has 0 rings (SSSR count). The van der Waals surface area contributed by atoms with Gasteiger partial charge < -0.3 is 10.6 Å². The maximum Gasteiger partial charge on any atom is 0.243 e. The van der Waals surface area contributed by atoms with Gasteiger partial charge in [0.15, 0.2) is 0 Å². The minimum atomic E-state index is -0.144. The smallest absolute Gasteiger partial charge is 0.243 e. The molecule has 0 heterocycles. The first kappa shape index (κ1) is 20.8. The van der Waals surface area contributed by atoms with Gasteiger partial charge in [0.25, 0.3) is 0 Å². The Balaban J connectivity index is -0.000000213.